The van der Waals surface area contributed by atoms with E-state index in [0.717, 1.165) is 5.57 Å². The van der Waals surface area contributed by atoms with Crippen LogP contribution in [-0.4, -0.2) is 326 Å². The summed E-state index contributed by atoms with van der Waals surface area (Å²) in [5.74, 6) is -2.81. The van der Waals surface area contributed by atoms with Gasteiger partial charge in [-0.15, -0.1) is 0 Å². The molecule has 0 aromatic rings. The average molecular weight is 1390 g/mol. The molecule has 552 valence electrons. The Morgan fingerprint density at radius 3 is 1.61 bits per heavy atom. The van der Waals surface area contributed by atoms with Gasteiger partial charge in [0.05, 0.1) is 69.2 Å². The molecule has 6 heterocycles. The topological polar surface area (TPSA) is 512 Å². The molecule has 4 saturated carbocycles. The van der Waals surface area contributed by atoms with Crippen LogP contribution < -0.4 is 0 Å². The Bertz CT molecular complexity index is 2730. The molecule has 0 radical (unpaired) electrons. The van der Waals surface area contributed by atoms with Gasteiger partial charge < -0.3 is 154 Å². The zero-order chi connectivity index (χ0) is 70.3. The predicted octanol–water partition coefficient (Wildman–Crippen LogP) is -6.14. The molecule has 0 aromatic heterocycles. The molecule has 6 saturated heterocycles. The summed E-state index contributed by atoms with van der Waals surface area (Å²) in [6, 6.07) is 0. The van der Waals surface area contributed by atoms with E-state index in [0.29, 0.717) is 19.3 Å². The maximum absolute atomic E-state index is 15.7. The number of aliphatic hydroxyl groups is 19. The number of aliphatic hydroxyl groups excluding tert-OH is 19. The number of esters is 1. The van der Waals surface area contributed by atoms with E-state index in [4.69, 9.17) is 56.8 Å². The Kier molecular flexibility index (Phi) is 21.6. The fourth-order valence-electron chi connectivity index (χ4n) is 19.2. The number of allylic oxidation sites excluding steroid dienone is 2. The SMILES string of the molecule is C[C@@H]1O[C@@H](O[C@@H]2[C@@H](O)[C@H](O[C@@H]3[C@@H](O[C@@H]4O[C@@H](C)[C@H](O)[C@@H](O)[C@H]4O)[C@@H](O)[C@H](O[C@H]4[C@H](OC(=O)[C@]56CCC(C)(C)C[C@H]5C5=CC[C@@H]7[C@@]8(C)C[C@H](O)[C@H](O[C@@H]9O[C@H](CO)[C@@H](O)[C@H](O)[C@H]9O)[C@@](C)(CO)[C@@H]8[C@H](O)C[C@@]7(C)[C@]5(C)C[C@H]6O)OC[C@@H](O)[C@@H]4O)O[C@H]3C)OC[C@H]2O)[C@H](O)[C@H](O)[C@H]1O. The van der Waals surface area contributed by atoms with Crippen molar-refractivity contribution in [1.82, 2.24) is 0 Å². The normalized spacial score (nSPS) is 56.7. The molecule has 96 heavy (non-hydrogen) atoms. The average Bonchev–Trinajstić information content (AvgIpc) is 0.666. The third-order valence-corrected chi connectivity index (χ3v) is 24.8. The number of carbonyl (C=O) groups is 1. The molecule has 0 spiro atoms. The molecule has 0 bridgehead atoms. The second-order valence-corrected chi connectivity index (χ2v) is 31.2. The van der Waals surface area contributed by atoms with Crippen molar-refractivity contribution in [1.29, 1.82) is 0 Å². The summed E-state index contributed by atoms with van der Waals surface area (Å²) < 4.78 is 72.1. The Labute approximate surface area is 555 Å². The first-order chi connectivity index (χ1) is 44.9. The summed E-state index contributed by atoms with van der Waals surface area (Å²) in [7, 11) is 0. The second kappa shape index (κ2) is 27.6. The van der Waals surface area contributed by atoms with E-state index in [1.54, 1.807) is 6.92 Å². The van der Waals surface area contributed by atoms with Crippen LogP contribution in [0.5, 0.6) is 0 Å². The molecule has 32 nitrogen and oxygen atoms in total. The minimum atomic E-state index is -2.12. The molecular formula is C64H104O32. The first-order valence-electron chi connectivity index (χ1n) is 33.7. The molecule has 11 aliphatic rings. The summed E-state index contributed by atoms with van der Waals surface area (Å²) in [6.45, 7) is 13.4. The number of hydrogen-bond donors (Lipinski definition) is 19. The third kappa shape index (κ3) is 12.4. The highest BCUT2D eigenvalue weighted by atomic mass is 16.8. The fourth-order valence-corrected chi connectivity index (χ4v) is 19.2. The summed E-state index contributed by atoms with van der Waals surface area (Å²) in [6.07, 6.45) is -49.8. The van der Waals surface area contributed by atoms with Gasteiger partial charge in [-0.25, -0.2) is 0 Å². The number of fused-ring (bicyclic) bond motifs is 7. The minimum absolute atomic E-state index is 0.00916. The smallest absolute Gasteiger partial charge is 0.317 e. The zero-order valence-corrected chi connectivity index (χ0v) is 55.4. The maximum Gasteiger partial charge on any atom is 0.317 e. The van der Waals surface area contributed by atoms with Crippen molar-refractivity contribution in [3.05, 3.63) is 11.6 Å². The van der Waals surface area contributed by atoms with Crippen LogP contribution in [0.4, 0.5) is 0 Å². The zero-order valence-electron chi connectivity index (χ0n) is 55.4. The van der Waals surface area contributed by atoms with E-state index >= 15 is 4.79 Å². The number of hydrogen-bond acceptors (Lipinski definition) is 32. The van der Waals surface area contributed by atoms with Crippen LogP contribution in [0.1, 0.15) is 107 Å². The van der Waals surface area contributed by atoms with Crippen LogP contribution in [0.15, 0.2) is 11.6 Å². The Balaban J connectivity index is 0.853. The molecule has 11 rings (SSSR count). The minimum Gasteiger partial charge on any atom is -0.432 e. The maximum atomic E-state index is 15.7. The van der Waals surface area contributed by atoms with Crippen LogP contribution in [0.25, 0.3) is 0 Å². The van der Waals surface area contributed by atoms with E-state index in [9.17, 15) is 97.0 Å². The van der Waals surface area contributed by atoms with Crippen LogP contribution in [-0.2, 0) is 61.6 Å². The Morgan fingerprint density at radius 2 is 1.01 bits per heavy atom. The van der Waals surface area contributed by atoms with Gasteiger partial charge in [-0.1, -0.05) is 53.2 Å². The largest absolute Gasteiger partial charge is 0.432 e. The number of carbonyl (C=O) groups excluding carboxylic acids is 1. The van der Waals surface area contributed by atoms with Gasteiger partial charge >= 0.3 is 5.97 Å². The third-order valence-electron chi connectivity index (χ3n) is 24.8. The van der Waals surface area contributed by atoms with Gasteiger partial charge in [-0.05, 0) is 99.2 Å². The molecule has 40 atom stereocenters. The summed E-state index contributed by atoms with van der Waals surface area (Å²) in [5, 5.41) is 214. The van der Waals surface area contributed by atoms with Gasteiger partial charge in [0, 0.05) is 11.3 Å². The van der Waals surface area contributed by atoms with Crippen molar-refractivity contribution in [3.63, 3.8) is 0 Å². The van der Waals surface area contributed by atoms with E-state index in [1.165, 1.54) is 20.8 Å². The van der Waals surface area contributed by atoms with Gasteiger partial charge in [0.15, 0.2) is 37.6 Å². The van der Waals surface area contributed by atoms with Crippen molar-refractivity contribution in [2.24, 2.45) is 50.2 Å². The van der Waals surface area contributed by atoms with Gasteiger partial charge in [-0.3, -0.25) is 4.79 Å². The molecule has 5 aliphatic carbocycles. The fraction of sp³-hybridized carbons (Fsp3) is 0.953. The lowest BCUT2D eigenvalue weighted by Crippen LogP contribution is -2.73. The first-order valence-corrected chi connectivity index (χ1v) is 33.7. The van der Waals surface area contributed by atoms with E-state index in [2.05, 4.69) is 6.08 Å². The number of rotatable bonds is 14. The summed E-state index contributed by atoms with van der Waals surface area (Å²) in [5.41, 5.74) is -5.55. The summed E-state index contributed by atoms with van der Waals surface area (Å²) in [4.78, 5) is 15.7. The first kappa shape index (κ1) is 75.2. The van der Waals surface area contributed by atoms with Crippen LogP contribution >= 0.6 is 0 Å². The predicted molar refractivity (Wildman–Crippen MR) is 317 cm³/mol. The van der Waals surface area contributed by atoms with Gasteiger partial charge in [-0.2, -0.15) is 0 Å². The van der Waals surface area contributed by atoms with Crippen LogP contribution in [0, 0.1) is 50.2 Å². The highest BCUT2D eigenvalue weighted by Crippen LogP contribution is 2.76. The lowest BCUT2D eigenvalue weighted by atomic mass is 9.32. The quantitative estimate of drug-likeness (QED) is 0.0437. The van der Waals surface area contributed by atoms with Crippen molar-refractivity contribution in [3.8, 4) is 0 Å². The molecule has 32 heteroatoms. The van der Waals surface area contributed by atoms with E-state index in [1.807, 2.05) is 34.6 Å². The second-order valence-electron chi connectivity index (χ2n) is 31.2. The highest BCUT2D eigenvalue weighted by molar-refractivity contribution is 5.80. The van der Waals surface area contributed by atoms with Gasteiger partial charge in [0.25, 0.3) is 0 Å². The molecule has 10 fully saturated rings. The molecule has 19 N–H and O–H groups in total. The Morgan fingerprint density at radius 1 is 0.490 bits per heavy atom. The van der Waals surface area contributed by atoms with Gasteiger partial charge in [0.1, 0.15) is 115 Å². The molecular weight excluding hydrogens is 1280 g/mol. The standard InChI is InChI=1S/C64H104O32/c1-22-34(72)38(76)41(79)53(87-22)92-47-30(70)20-85-52(44(47)82)91-46-24(3)89-56(45(83)48(46)93-54-42(80)39(77)35(73)23(2)88-54)94-49-36(74)29(69)19-86-57(49)96-58(84)64-13-12-59(4,5)14-26(64)25-10-11-32-60(6)15-28(68)51(95-55-43(81)40(78)37(75)31(18-65)90-55)61(7,21-66)50(60)27(67)16-63(32,9)62(25,8)17-33(64)71/h10,22-24,26-57,65-83H,11-21H2,1-9H3/t22-,23-,24-,26-,27+,28-,29+,30+,31+,32+,33+,34-,35-,36-,37+,38+,39+,40-,41+,42+,43+,44+,45+,46-,47-,48-,49+,50+,51-,52-,53-,54-,55-,56-,57-,60+,61-,62+,63+,64+/m0/s1. The van der Waals surface area contributed by atoms with Crippen molar-refractivity contribution >= 4 is 5.97 Å². The number of ether oxygens (including phenoxy) is 12. The highest BCUT2D eigenvalue weighted by Gasteiger charge is 2.75. The summed E-state index contributed by atoms with van der Waals surface area (Å²) >= 11 is 0. The molecule has 0 amide bonds. The van der Waals surface area contributed by atoms with E-state index in [-0.39, 0.29) is 31.6 Å². The van der Waals surface area contributed by atoms with Crippen molar-refractivity contribution < 1.29 is 159 Å². The van der Waals surface area contributed by atoms with Crippen LogP contribution in [0.2, 0.25) is 0 Å². The molecule has 0 unspecified atom stereocenters. The lowest BCUT2D eigenvalue weighted by Gasteiger charge is -2.73. The van der Waals surface area contributed by atoms with Crippen molar-refractivity contribution in [2.45, 2.75) is 304 Å². The van der Waals surface area contributed by atoms with Crippen molar-refractivity contribution in [2.75, 3.05) is 26.4 Å². The lowest BCUT2D eigenvalue weighted by molar-refractivity contribution is -0.395. The molecule has 0 aromatic carbocycles. The molecule has 6 aliphatic heterocycles. The monoisotopic (exact) mass is 1380 g/mol. The van der Waals surface area contributed by atoms with E-state index < -0.39 is 273 Å². The van der Waals surface area contributed by atoms with Gasteiger partial charge in [0.2, 0.25) is 6.29 Å². The Hall–Kier alpha value is -1.99. The van der Waals surface area contributed by atoms with Crippen LogP contribution in [0.3, 0.4) is 0 Å².